The number of hydrogen-bond acceptors (Lipinski definition) is 5. The Bertz CT molecular complexity index is 1360. The lowest BCUT2D eigenvalue weighted by Crippen LogP contribution is -2.25. The molecule has 0 saturated heterocycles. The highest BCUT2D eigenvalue weighted by atomic mass is 16.5. The minimum atomic E-state index is -0.297. The van der Waals surface area contributed by atoms with Gasteiger partial charge in [0.15, 0.2) is 5.43 Å². The molecule has 7 heteroatoms. The highest BCUT2D eigenvalue weighted by molar-refractivity contribution is 5.95. The minimum Gasteiger partial charge on any atom is -0.496 e. The van der Waals surface area contributed by atoms with E-state index in [1.165, 1.54) is 0 Å². The molecule has 0 unspecified atom stereocenters. The van der Waals surface area contributed by atoms with Crippen molar-refractivity contribution in [2.75, 3.05) is 25.1 Å². The molecule has 0 fully saturated rings. The summed E-state index contributed by atoms with van der Waals surface area (Å²) in [5.41, 5.74) is 5.81. The third-order valence-electron chi connectivity index (χ3n) is 5.92. The van der Waals surface area contributed by atoms with E-state index in [-0.39, 0.29) is 17.9 Å². The van der Waals surface area contributed by atoms with Crippen LogP contribution in [0.4, 0.5) is 5.69 Å². The third kappa shape index (κ3) is 4.50. The first-order chi connectivity index (χ1) is 16.6. The summed E-state index contributed by atoms with van der Waals surface area (Å²) in [6, 6.07) is 20.5. The number of para-hydroxylation sites is 2. The molecule has 0 saturated carbocycles. The molecule has 4 rings (SSSR count). The van der Waals surface area contributed by atoms with Crippen LogP contribution in [-0.4, -0.2) is 36.9 Å². The van der Waals surface area contributed by atoms with Gasteiger partial charge >= 0.3 is 0 Å². The summed E-state index contributed by atoms with van der Waals surface area (Å²) in [5.74, 6) is 0.383. The molecule has 1 aromatic heterocycles. The summed E-state index contributed by atoms with van der Waals surface area (Å²) in [6.07, 6.45) is 1.57. The van der Waals surface area contributed by atoms with Crippen LogP contribution in [0.1, 0.15) is 19.4 Å². The number of hydrazone groups is 1. The number of fused-ring (bicyclic) bond motifs is 2. The average Bonchev–Trinajstić information content (AvgIpc) is 2.88. The number of nitrogens with one attached hydrogen (secondary N) is 1. The first-order valence-corrected chi connectivity index (χ1v) is 11.3. The molecule has 0 aliphatic carbocycles. The molecule has 0 bridgehead atoms. The van der Waals surface area contributed by atoms with Gasteiger partial charge in [-0.1, -0.05) is 24.3 Å². The summed E-state index contributed by atoms with van der Waals surface area (Å²) < 4.78 is 7.37. The van der Waals surface area contributed by atoms with Gasteiger partial charge in [0.25, 0.3) is 5.91 Å². The predicted octanol–water partition coefficient (Wildman–Crippen LogP) is 4.16. The Morgan fingerprint density at radius 1 is 1.00 bits per heavy atom. The van der Waals surface area contributed by atoms with Gasteiger partial charge in [-0.15, -0.1) is 0 Å². The number of aromatic nitrogens is 1. The number of rotatable bonds is 8. The summed E-state index contributed by atoms with van der Waals surface area (Å²) in [7, 11) is 1.61. The summed E-state index contributed by atoms with van der Waals surface area (Å²) >= 11 is 0. The maximum Gasteiger partial charge on any atom is 0.260 e. The lowest BCUT2D eigenvalue weighted by Gasteiger charge is -2.22. The molecule has 174 valence electrons. The molecule has 0 atom stereocenters. The highest BCUT2D eigenvalue weighted by Crippen LogP contribution is 2.24. The van der Waals surface area contributed by atoms with Crippen molar-refractivity contribution in [3.8, 4) is 5.75 Å². The van der Waals surface area contributed by atoms with E-state index in [1.54, 1.807) is 25.5 Å². The minimum absolute atomic E-state index is 0.0245. The maximum atomic E-state index is 12.9. The van der Waals surface area contributed by atoms with Gasteiger partial charge < -0.3 is 14.2 Å². The van der Waals surface area contributed by atoms with E-state index < -0.39 is 0 Å². The molecule has 1 heterocycles. The van der Waals surface area contributed by atoms with Gasteiger partial charge in [0.05, 0.1) is 24.4 Å². The van der Waals surface area contributed by atoms with E-state index >= 15 is 0 Å². The maximum absolute atomic E-state index is 12.9. The Morgan fingerprint density at radius 3 is 2.21 bits per heavy atom. The van der Waals surface area contributed by atoms with E-state index in [0.29, 0.717) is 27.6 Å². The van der Waals surface area contributed by atoms with Gasteiger partial charge in [0.1, 0.15) is 12.3 Å². The van der Waals surface area contributed by atoms with Gasteiger partial charge in [0.2, 0.25) is 0 Å². The fourth-order valence-electron chi connectivity index (χ4n) is 4.19. The number of carbonyl (C=O) groups excluding carboxylic acids is 1. The lowest BCUT2D eigenvalue weighted by molar-refractivity contribution is -0.121. The van der Waals surface area contributed by atoms with Crippen molar-refractivity contribution in [3.05, 3.63) is 82.5 Å². The molecular formula is C27H28N4O3. The molecule has 1 N–H and O–H groups in total. The Labute approximate surface area is 198 Å². The molecule has 0 spiro atoms. The Morgan fingerprint density at radius 2 is 1.62 bits per heavy atom. The molecule has 0 aliphatic heterocycles. The monoisotopic (exact) mass is 456 g/mol. The fourth-order valence-corrected chi connectivity index (χ4v) is 4.19. The van der Waals surface area contributed by atoms with E-state index in [2.05, 4.69) is 29.3 Å². The predicted molar refractivity (Wildman–Crippen MR) is 138 cm³/mol. The van der Waals surface area contributed by atoms with Gasteiger partial charge in [-0.05, 0) is 50.2 Å². The zero-order valence-electron chi connectivity index (χ0n) is 19.6. The second-order valence-corrected chi connectivity index (χ2v) is 7.84. The fraction of sp³-hybridized carbons (Fsp3) is 0.222. The van der Waals surface area contributed by atoms with Crippen molar-refractivity contribution >= 4 is 39.6 Å². The largest absolute Gasteiger partial charge is 0.496 e. The van der Waals surface area contributed by atoms with Crippen molar-refractivity contribution in [2.24, 2.45) is 5.10 Å². The number of amides is 1. The number of nitrogens with zero attached hydrogens (tertiary/aromatic N) is 3. The van der Waals surface area contributed by atoms with Gasteiger partial charge in [-0.3, -0.25) is 9.59 Å². The van der Waals surface area contributed by atoms with Crippen molar-refractivity contribution in [3.63, 3.8) is 0 Å². The highest BCUT2D eigenvalue weighted by Gasteiger charge is 2.13. The van der Waals surface area contributed by atoms with Crippen LogP contribution in [0.2, 0.25) is 0 Å². The number of benzene rings is 3. The van der Waals surface area contributed by atoms with Crippen LogP contribution in [0.5, 0.6) is 5.75 Å². The van der Waals surface area contributed by atoms with Crippen molar-refractivity contribution in [1.29, 1.82) is 0 Å². The molecule has 1 amide bonds. The normalized spacial score (nSPS) is 11.3. The van der Waals surface area contributed by atoms with Crippen LogP contribution in [0, 0.1) is 0 Å². The second kappa shape index (κ2) is 10.2. The Hall–Kier alpha value is -4.13. The first kappa shape index (κ1) is 23.0. The first-order valence-electron chi connectivity index (χ1n) is 11.3. The van der Waals surface area contributed by atoms with Gasteiger partial charge in [-0.25, -0.2) is 5.43 Å². The van der Waals surface area contributed by atoms with Crippen LogP contribution in [0.3, 0.4) is 0 Å². The van der Waals surface area contributed by atoms with Crippen LogP contribution in [-0.2, 0) is 11.3 Å². The van der Waals surface area contributed by atoms with Gasteiger partial charge in [0, 0.05) is 41.2 Å². The van der Waals surface area contributed by atoms with Crippen molar-refractivity contribution in [2.45, 2.75) is 20.4 Å². The summed E-state index contributed by atoms with van der Waals surface area (Å²) in [6.45, 7) is 6.04. The quantitative estimate of drug-likeness (QED) is 0.245. The molecule has 0 radical (unpaired) electrons. The zero-order chi connectivity index (χ0) is 24.1. The summed E-state index contributed by atoms with van der Waals surface area (Å²) in [4.78, 5) is 27.9. The van der Waals surface area contributed by atoms with Crippen molar-refractivity contribution in [1.82, 2.24) is 9.99 Å². The third-order valence-corrected chi connectivity index (χ3v) is 5.92. The van der Waals surface area contributed by atoms with E-state index in [4.69, 9.17) is 4.74 Å². The number of pyridine rings is 1. The van der Waals surface area contributed by atoms with Crippen LogP contribution < -0.4 is 20.5 Å². The average molecular weight is 457 g/mol. The van der Waals surface area contributed by atoms with E-state index in [0.717, 1.165) is 24.3 Å². The van der Waals surface area contributed by atoms with Gasteiger partial charge in [-0.2, -0.15) is 5.10 Å². The molecule has 0 aliphatic rings. The number of anilines is 1. The van der Waals surface area contributed by atoms with Crippen LogP contribution >= 0.6 is 0 Å². The van der Waals surface area contributed by atoms with Crippen molar-refractivity contribution < 1.29 is 9.53 Å². The smallest absolute Gasteiger partial charge is 0.260 e. The van der Waals surface area contributed by atoms with Crippen LogP contribution in [0.25, 0.3) is 21.8 Å². The molecule has 4 aromatic rings. The Balaban J connectivity index is 1.57. The molecule has 7 nitrogen and oxygen atoms in total. The number of methoxy groups -OCH3 is 1. The number of hydrogen-bond donors (Lipinski definition) is 1. The SMILES string of the molecule is CCN(CC)c1ccc(/C=N\NC(=O)Cn2c3ccccc3c(=O)c3ccccc32)c(OC)c1. The molecule has 3 aromatic carbocycles. The standard InChI is InChI=1S/C27H28N4O3/c1-4-30(5-2)20-15-14-19(25(16-20)34-3)17-28-29-26(32)18-31-23-12-8-6-10-21(23)27(33)22-11-7-9-13-24(22)31/h6-17H,4-5,18H2,1-3H3,(H,29,32)/b28-17-. The Kier molecular flexibility index (Phi) is 6.92. The molecule has 34 heavy (non-hydrogen) atoms. The topological polar surface area (TPSA) is 75.9 Å². The molecular weight excluding hydrogens is 428 g/mol. The number of carbonyl (C=O) groups is 1. The zero-order valence-corrected chi connectivity index (χ0v) is 19.6. The van der Waals surface area contributed by atoms with Crippen LogP contribution in [0.15, 0.2) is 76.6 Å². The lowest BCUT2D eigenvalue weighted by atomic mass is 10.1. The number of ether oxygens (including phenoxy) is 1. The summed E-state index contributed by atoms with van der Waals surface area (Å²) in [5, 5.41) is 5.30. The van der Waals surface area contributed by atoms with E-state index in [9.17, 15) is 9.59 Å². The second-order valence-electron chi connectivity index (χ2n) is 7.84. The van der Waals surface area contributed by atoms with E-state index in [1.807, 2.05) is 59.2 Å².